The van der Waals surface area contributed by atoms with Crippen molar-refractivity contribution in [1.29, 1.82) is 0 Å². The van der Waals surface area contributed by atoms with Gasteiger partial charge in [-0.05, 0) is 79.6 Å². The van der Waals surface area contributed by atoms with Crippen LogP contribution in [0.2, 0.25) is 17.1 Å². The van der Waals surface area contributed by atoms with Crippen LogP contribution in [0, 0.1) is 0 Å². The first-order valence-electron chi connectivity index (χ1n) is 12.9. The number of fused-ring (bicyclic) bond motifs is 8. The van der Waals surface area contributed by atoms with E-state index in [1.807, 2.05) is 24.3 Å². The second-order valence-corrected chi connectivity index (χ2v) is 16.2. The van der Waals surface area contributed by atoms with E-state index in [1.165, 1.54) is 6.07 Å². The third-order valence-corrected chi connectivity index (χ3v) is 13.7. The minimum atomic E-state index is -2.42. The summed E-state index contributed by atoms with van der Waals surface area (Å²) < 4.78 is 11.9. The van der Waals surface area contributed by atoms with E-state index in [0.29, 0.717) is 5.56 Å². The fourth-order valence-electron chi connectivity index (χ4n) is 6.63. The van der Waals surface area contributed by atoms with Crippen LogP contribution >= 0.6 is 11.6 Å². The number of carbonyl (C=O) groups is 2. The molecule has 0 saturated carbocycles. The Balaban J connectivity index is 1.68. The van der Waals surface area contributed by atoms with E-state index in [2.05, 4.69) is 0 Å². The molecular formula is C30H29ClO6Si. The van der Waals surface area contributed by atoms with Crippen molar-refractivity contribution in [3.63, 3.8) is 0 Å². The van der Waals surface area contributed by atoms with Gasteiger partial charge in [0.05, 0.1) is 16.1 Å². The van der Waals surface area contributed by atoms with Crippen molar-refractivity contribution in [2.45, 2.75) is 63.3 Å². The van der Waals surface area contributed by atoms with Crippen LogP contribution in [0.4, 0.5) is 0 Å². The second-order valence-electron chi connectivity index (χ2n) is 11.6. The summed E-state index contributed by atoms with van der Waals surface area (Å²) in [6, 6.07) is 15.6. The maximum Gasteiger partial charge on any atom is 0.340 e. The van der Waals surface area contributed by atoms with Gasteiger partial charge >= 0.3 is 11.9 Å². The number of phenols is 2. The molecule has 196 valence electrons. The third-order valence-electron chi connectivity index (χ3n) is 8.07. The number of benzene rings is 3. The Labute approximate surface area is 227 Å². The Morgan fingerprint density at radius 2 is 1.50 bits per heavy atom. The van der Waals surface area contributed by atoms with Gasteiger partial charge in [0.25, 0.3) is 0 Å². The lowest BCUT2D eigenvalue weighted by Crippen LogP contribution is -2.67. The van der Waals surface area contributed by atoms with E-state index in [4.69, 9.17) is 21.1 Å². The first-order valence-corrected chi connectivity index (χ1v) is 15.7. The van der Waals surface area contributed by atoms with E-state index < -0.39 is 31.2 Å². The lowest BCUT2D eigenvalue weighted by molar-refractivity contribution is 0.00694. The zero-order chi connectivity index (χ0) is 27.0. The lowest BCUT2D eigenvalue weighted by Gasteiger charge is -2.48. The molecule has 3 aliphatic heterocycles. The second kappa shape index (κ2) is 8.35. The Kier molecular flexibility index (Phi) is 5.50. The maximum atomic E-state index is 13.4. The quantitative estimate of drug-likeness (QED) is 0.319. The molecule has 1 saturated heterocycles. The highest BCUT2D eigenvalue weighted by atomic mass is 35.5. The summed E-state index contributed by atoms with van der Waals surface area (Å²) in [4.78, 5) is 26.6. The molecule has 3 aliphatic rings. The Bertz CT molecular complexity index is 1460. The van der Waals surface area contributed by atoms with Crippen LogP contribution in [0.3, 0.4) is 0 Å². The van der Waals surface area contributed by atoms with Gasteiger partial charge < -0.3 is 19.7 Å². The fraction of sp³-hybridized carbons (Fsp3) is 0.333. The molecule has 38 heavy (non-hydrogen) atoms. The van der Waals surface area contributed by atoms with Crippen molar-refractivity contribution in [1.82, 2.24) is 0 Å². The van der Waals surface area contributed by atoms with Gasteiger partial charge in [0.1, 0.15) is 25.2 Å². The van der Waals surface area contributed by atoms with E-state index in [-0.39, 0.29) is 27.6 Å². The van der Waals surface area contributed by atoms with Gasteiger partial charge in [0, 0.05) is 16.7 Å². The minimum Gasteiger partial charge on any atom is -0.508 e. The molecule has 2 spiro atoms. The van der Waals surface area contributed by atoms with E-state index in [1.54, 1.807) is 39.0 Å². The number of hydrogen-bond donors (Lipinski definition) is 2. The average Bonchev–Trinajstić information content (AvgIpc) is 3.13. The first kappa shape index (κ1) is 25.0. The van der Waals surface area contributed by atoms with Gasteiger partial charge in [0.2, 0.25) is 0 Å². The van der Waals surface area contributed by atoms with Crippen LogP contribution in [0.25, 0.3) is 0 Å². The summed E-state index contributed by atoms with van der Waals surface area (Å²) in [7, 11) is -2.42. The third kappa shape index (κ3) is 3.52. The van der Waals surface area contributed by atoms with Crippen molar-refractivity contribution in [3.8, 4) is 11.5 Å². The van der Waals surface area contributed by atoms with Crippen molar-refractivity contribution in [2.75, 3.05) is 0 Å². The number of halogens is 1. The molecule has 2 N–H and O–H groups in total. The van der Waals surface area contributed by atoms with Crippen LogP contribution in [-0.2, 0) is 15.1 Å². The predicted molar refractivity (Wildman–Crippen MR) is 147 cm³/mol. The summed E-state index contributed by atoms with van der Waals surface area (Å²) >= 11 is 6.52. The molecule has 3 aromatic rings. The van der Waals surface area contributed by atoms with Crippen molar-refractivity contribution < 1.29 is 29.3 Å². The zero-order valence-corrected chi connectivity index (χ0v) is 23.3. The fourth-order valence-corrected chi connectivity index (χ4v) is 12.6. The Morgan fingerprint density at radius 3 is 2.05 bits per heavy atom. The molecule has 6 rings (SSSR count). The van der Waals surface area contributed by atoms with Crippen LogP contribution in [0.1, 0.15) is 77.4 Å². The molecule has 0 amide bonds. The average molecular weight is 549 g/mol. The number of ether oxygens (including phenoxy) is 2. The number of esters is 2. The molecule has 0 aliphatic carbocycles. The van der Waals surface area contributed by atoms with Crippen LogP contribution in [-0.4, -0.2) is 35.8 Å². The Hall–Kier alpha value is -3.29. The van der Waals surface area contributed by atoms with Gasteiger partial charge in [0.15, 0.2) is 5.60 Å². The summed E-state index contributed by atoms with van der Waals surface area (Å²) in [5.74, 6) is -0.840. The monoisotopic (exact) mass is 548 g/mol. The number of phenolic OH excluding ortho intramolecular Hbond substituents is 2. The largest absolute Gasteiger partial charge is 0.508 e. The summed E-state index contributed by atoms with van der Waals surface area (Å²) in [5, 5.41) is 23.4. The van der Waals surface area contributed by atoms with Crippen LogP contribution < -0.4 is 10.4 Å². The predicted octanol–water partition coefficient (Wildman–Crippen LogP) is 5.23. The van der Waals surface area contributed by atoms with E-state index >= 15 is 0 Å². The molecule has 0 unspecified atom stereocenters. The topological polar surface area (TPSA) is 93.1 Å². The highest BCUT2D eigenvalue weighted by Crippen LogP contribution is 2.52. The lowest BCUT2D eigenvalue weighted by atomic mass is 9.78. The SMILES string of the molecule is CC(C)(C)OC(=O)c1cc2c(cc1Cl)C(=O)OC21c2ccc(O)cc2[Si]2(CCCCC2)c2cc(O)ccc21. The number of carbonyl (C=O) groups excluding carboxylic acids is 2. The minimum absolute atomic E-state index is 0.109. The van der Waals surface area contributed by atoms with Gasteiger partial charge in [-0.1, -0.05) is 43.0 Å². The van der Waals surface area contributed by atoms with Crippen LogP contribution in [0.5, 0.6) is 11.5 Å². The molecule has 0 radical (unpaired) electrons. The number of hydrogen-bond acceptors (Lipinski definition) is 6. The van der Waals surface area contributed by atoms with Crippen molar-refractivity contribution in [3.05, 3.63) is 81.4 Å². The summed E-state index contributed by atoms with van der Waals surface area (Å²) in [6.45, 7) is 5.34. The molecular weight excluding hydrogens is 520 g/mol. The molecule has 6 nitrogen and oxygen atoms in total. The molecule has 3 aromatic carbocycles. The Morgan fingerprint density at radius 1 is 0.921 bits per heavy atom. The maximum absolute atomic E-state index is 13.4. The first-order chi connectivity index (χ1) is 18.0. The van der Waals surface area contributed by atoms with E-state index in [0.717, 1.165) is 52.9 Å². The molecule has 1 fully saturated rings. The number of aromatic hydroxyl groups is 2. The highest BCUT2D eigenvalue weighted by molar-refractivity contribution is 7.03. The summed E-state index contributed by atoms with van der Waals surface area (Å²) in [5.41, 5.74) is 0.442. The molecule has 0 aromatic heterocycles. The molecule has 8 heteroatoms. The molecule has 0 bridgehead atoms. The van der Waals surface area contributed by atoms with Gasteiger partial charge in [-0.15, -0.1) is 0 Å². The summed E-state index contributed by atoms with van der Waals surface area (Å²) in [6.07, 6.45) is 3.24. The molecule has 3 heterocycles. The van der Waals surface area contributed by atoms with Gasteiger partial charge in [-0.2, -0.15) is 0 Å². The van der Waals surface area contributed by atoms with Gasteiger partial charge in [-0.25, -0.2) is 9.59 Å². The van der Waals surface area contributed by atoms with E-state index in [9.17, 15) is 19.8 Å². The smallest absolute Gasteiger partial charge is 0.340 e. The highest BCUT2D eigenvalue weighted by Gasteiger charge is 2.58. The van der Waals surface area contributed by atoms with Crippen LogP contribution in [0.15, 0.2) is 48.5 Å². The molecule has 0 atom stereocenters. The standard InChI is InChI=1S/C30H29ClO6Si/c1-29(2,3)36-28(35)20-15-23-19(16-24(20)31)27(34)37-30(23)21-9-7-17(32)13-25(21)38(11-5-4-6-12-38)26-14-18(33)8-10-22(26)30/h7-10,13-16,32-33H,4-6,11-12H2,1-3H3. The van der Waals surface area contributed by atoms with Gasteiger partial charge in [-0.3, -0.25) is 0 Å². The van der Waals surface area contributed by atoms with Crippen molar-refractivity contribution in [2.24, 2.45) is 0 Å². The van der Waals surface area contributed by atoms with Crippen molar-refractivity contribution >= 4 is 42.0 Å². The zero-order valence-electron chi connectivity index (χ0n) is 21.6. The normalized spacial score (nSPS) is 18.5. The number of rotatable bonds is 1.